The molecule has 0 aliphatic heterocycles. The smallest absolute Gasteiger partial charge is 0.321 e. The molecule has 0 saturated carbocycles. The van der Waals surface area contributed by atoms with Crippen LogP contribution in [-0.2, 0) is 6.54 Å². The molecule has 0 aliphatic rings. The lowest BCUT2D eigenvalue weighted by molar-refractivity contribution is 0.220. The molecule has 2 aromatic carbocycles. The number of urea groups is 1. The van der Waals surface area contributed by atoms with Gasteiger partial charge in [0.1, 0.15) is 5.75 Å². The minimum Gasteiger partial charge on any atom is -0.508 e. The molecule has 6 heteroatoms. The number of anilines is 1. The van der Waals surface area contributed by atoms with Gasteiger partial charge in [-0.05, 0) is 18.2 Å². The molecule has 0 aliphatic carbocycles. The van der Waals surface area contributed by atoms with Crippen molar-refractivity contribution in [2.45, 2.75) is 6.54 Å². The fourth-order valence-corrected chi connectivity index (χ4v) is 2.30. The number of phenols is 1. The Kier molecular flexibility index (Phi) is 4.47. The molecular weight excluding hydrogens is 304 g/mol. The van der Waals surface area contributed by atoms with Crippen molar-refractivity contribution in [1.82, 2.24) is 14.7 Å². The maximum Gasteiger partial charge on any atom is 0.321 e. The summed E-state index contributed by atoms with van der Waals surface area (Å²) in [5.41, 5.74) is 2.21. The molecule has 1 heterocycles. The third kappa shape index (κ3) is 3.55. The third-order valence-electron chi connectivity index (χ3n) is 3.60. The molecule has 0 radical (unpaired) electrons. The van der Waals surface area contributed by atoms with E-state index >= 15 is 0 Å². The molecule has 24 heavy (non-hydrogen) atoms. The first-order chi connectivity index (χ1) is 11.6. The van der Waals surface area contributed by atoms with Crippen LogP contribution in [0.3, 0.4) is 0 Å². The van der Waals surface area contributed by atoms with Crippen LogP contribution in [0.4, 0.5) is 10.5 Å². The van der Waals surface area contributed by atoms with Gasteiger partial charge in [-0.2, -0.15) is 5.10 Å². The summed E-state index contributed by atoms with van der Waals surface area (Å²) in [6.07, 6.45) is 3.35. The number of rotatable bonds is 4. The average Bonchev–Trinajstić information content (AvgIpc) is 3.06. The lowest BCUT2D eigenvalue weighted by Crippen LogP contribution is -2.30. The summed E-state index contributed by atoms with van der Waals surface area (Å²) in [4.78, 5) is 13.8. The van der Waals surface area contributed by atoms with Crippen LogP contribution in [0.15, 0.2) is 67.0 Å². The van der Waals surface area contributed by atoms with Gasteiger partial charge in [0.05, 0.1) is 30.3 Å². The molecule has 3 rings (SSSR count). The number of carbonyl (C=O) groups excluding carboxylic acids is 1. The van der Waals surface area contributed by atoms with Crippen LogP contribution >= 0.6 is 0 Å². The normalized spacial score (nSPS) is 10.4. The summed E-state index contributed by atoms with van der Waals surface area (Å²) in [5, 5.41) is 16.8. The van der Waals surface area contributed by atoms with Crippen molar-refractivity contribution < 1.29 is 9.90 Å². The number of carbonyl (C=O) groups is 1. The molecule has 0 bridgehead atoms. The van der Waals surface area contributed by atoms with Crippen molar-refractivity contribution >= 4 is 11.7 Å². The monoisotopic (exact) mass is 322 g/mol. The van der Waals surface area contributed by atoms with Crippen LogP contribution in [0, 0.1) is 0 Å². The van der Waals surface area contributed by atoms with Gasteiger partial charge in [-0.15, -0.1) is 0 Å². The molecule has 6 nitrogen and oxygen atoms in total. The van der Waals surface area contributed by atoms with Crippen molar-refractivity contribution in [2.75, 3.05) is 12.4 Å². The highest BCUT2D eigenvalue weighted by molar-refractivity contribution is 5.88. The Morgan fingerprint density at radius 3 is 2.62 bits per heavy atom. The predicted molar refractivity (Wildman–Crippen MR) is 92.2 cm³/mol. The van der Waals surface area contributed by atoms with E-state index in [2.05, 4.69) is 10.4 Å². The van der Waals surface area contributed by atoms with Gasteiger partial charge in [-0.1, -0.05) is 36.4 Å². The van der Waals surface area contributed by atoms with Gasteiger partial charge >= 0.3 is 6.03 Å². The summed E-state index contributed by atoms with van der Waals surface area (Å²) in [5.74, 6) is 0.175. The molecule has 0 atom stereocenters. The first-order valence-corrected chi connectivity index (χ1v) is 7.52. The summed E-state index contributed by atoms with van der Waals surface area (Å²) in [6.45, 7) is 0.311. The van der Waals surface area contributed by atoms with Gasteiger partial charge < -0.3 is 15.3 Å². The lowest BCUT2D eigenvalue weighted by Gasteiger charge is -2.18. The largest absolute Gasteiger partial charge is 0.508 e. The van der Waals surface area contributed by atoms with Crippen LogP contribution in [0.25, 0.3) is 5.69 Å². The first-order valence-electron chi connectivity index (χ1n) is 7.52. The Labute approximate surface area is 140 Å². The Hall–Kier alpha value is -3.28. The quantitative estimate of drug-likeness (QED) is 0.774. The minimum absolute atomic E-state index is 0.175. The van der Waals surface area contributed by atoms with E-state index in [9.17, 15) is 9.90 Å². The number of benzene rings is 2. The number of aromatic nitrogens is 2. The van der Waals surface area contributed by atoms with E-state index in [1.807, 2.05) is 36.4 Å². The van der Waals surface area contributed by atoms with Crippen molar-refractivity contribution in [2.24, 2.45) is 0 Å². The fourth-order valence-electron chi connectivity index (χ4n) is 2.30. The number of hydrogen-bond acceptors (Lipinski definition) is 3. The zero-order valence-corrected chi connectivity index (χ0v) is 13.3. The SMILES string of the molecule is CN(Cc1ccccc1O)C(=O)Nc1cnn(-c2ccccc2)c1. The standard InChI is InChI=1S/C18H18N4O2/c1-21(12-14-7-5-6-10-17(14)23)18(24)20-15-11-19-22(13-15)16-8-3-2-4-9-16/h2-11,13,23H,12H2,1H3,(H,20,24). The number of hydrogen-bond donors (Lipinski definition) is 2. The van der Waals surface area contributed by atoms with Gasteiger partial charge in [0.15, 0.2) is 0 Å². The van der Waals surface area contributed by atoms with E-state index < -0.39 is 0 Å². The molecule has 0 spiro atoms. The van der Waals surface area contributed by atoms with E-state index in [4.69, 9.17) is 0 Å². The van der Waals surface area contributed by atoms with Crippen molar-refractivity contribution in [3.8, 4) is 11.4 Å². The number of nitrogens with one attached hydrogen (secondary N) is 1. The summed E-state index contributed by atoms with van der Waals surface area (Å²) in [6, 6.07) is 16.3. The van der Waals surface area contributed by atoms with Crippen molar-refractivity contribution in [3.05, 3.63) is 72.6 Å². The second-order valence-corrected chi connectivity index (χ2v) is 5.42. The van der Waals surface area contributed by atoms with E-state index in [0.717, 1.165) is 5.69 Å². The van der Waals surface area contributed by atoms with Crippen LogP contribution in [0.5, 0.6) is 5.75 Å². The second kappa shape index (κ2) is 6.87. The molecular formula is C18H18N4O2. The third-order valence-corrected chi connectivity index (χ3v) is 3.60. The Morgan fingerprint density at radius 1 is 1.17 bits per heavy atom. The van der Waals surface area contributed by atoms with E-state index in [1.165, 1.54) is 4.90 Å². The number of aromatic hydroxyl groups is 1. The fraction of sp³-hybridized carbons (Fsp3) is 0.111. The van der Waals surface area contributed by atoms with Gasteiger partial charge in [0.25, 0.3) is 0 Å². The molecule has 1 aromatic heterocycles. The molecule has 0 unspecified atom stereocenters. The van der Waals surface area contributed by atoms with E-state index in [0.29, 0.717) is 17.8 Å². The zero-order chi connectivity index (χ0) is 16.9. The van der Waals surface area contributed by atoms with Crippen LogP contribution in [0.2, 0.25) is 0 Å². The highest BCUT2D eigenvalue weighted by Crippen LogP contribution is 2.18. The van der Waals surface area contributed by atoms with Crippen molar-refractivity contribution in [1.29, 1.82) is 0 Å². The van der Waals surface area contributed by atoms with E-state index in [-0.39, 0.29) is 11.8 Å². The Bertz CT molecular complexity index is 830. The molecule has 2 N–H and O–H groups in total. The predicted octanol–water partition coefficient (Wildman–Crippen LogP) is 3.24. The van der Waals surface area contributed by atoms with Crippen LogP contribution in [-0.4, -0.2) is 32.9 Å². The first kappa shape index (κ1) is 15.6. The highest BCUT2D eigenvalue weighted by Gasteiger charge is 2.12. The number of nitrogens with zero attached hydrogens (tertiary/aromatic N) is 3. The summed E-state index contributed by atoms with van der Waals surface area (Å²) in [7, 11) is 1.67. The number of para-hydroxylation sites is 2. The van der Waals surface area contributed by atoms with Crippen LogP contribution in [0.1, 0.15) is 5.56 Å². The van der Waals surface area contributed by atoms with Gasteiger partial charge in [-0.25, -0.2) is 9.48 Å². The maximum absolute atomic E-state index is 12.3. The minimum atomic E-state index is -0.272. The van der Waals surface area contributed by atoms with Crippen LogP contribution < -0.4 is 5.32 Å². The van der Waals surface area contributed by atoms with E-state index in [1.54, 1.807) is 42.3 Å². The zero-order valence-electron chi connectivity index (χ0n) is 13.3. The molecule has 0 saturated heterocycles. The molecule has 2 amide bonds. The average molecular weight is 322 g/mol. The summed E-state index contributed by atoms with van der Waals surface area (Å²) >= 11 is 0. The Morgan fingerprint density at radius 2 is 1.88 bits per heavy atom. The number of phenolic OH excluding ortho intramolecular Hbond substituents is 1. The van der Waals surface area contributed by atoms with Gasteiger partial charge in [-0.3, -0.25) is 0 Å². The van der Waals surface area contributed by atoms with Gasteiger partial charge in [0, 0.05) is 12.6 Å². The lowest BCUT2D eigenvalue weighted by atomic mass is 10.2. The molecule has 3 aromatic rings. The number of amides is 2. The highest BCUT2D eigenvalue weighted by atomic mass is 16.3. The maximum atomic E-state index is 12.3. The van der Waals surface area contributed by atoms with Crippen molar-refractivity contribution in [3.63, 3.8) is 0 Å². The summed E-state index contributed by atoms with van der Waals surface area (Å²) < 4.78 is 1.69. The molecule has 0 fully saturated rings. The Balaban J connectivity index is 1.65. The van der Waals surface area contributed by atoms with Gasteiger partial charge in [0.2, 0.25) is 0 Å². The molecule has 122 valence electrons. The second-order valence-electron chi connectivity index (χ2n) is 5.42. The topological polar surface area (TPSA) is 70.4 Å².